The summed E-state index contributed by atoms with van der Waals surface area (Å²) in [7, 11) is 1.65. The van der Waals surface area contributed by atoms with Gasteiger partial charge < -0.3 is 15.3 Å². The SMILES string of the molecule is CCc1cc(C(=O)O)cc(N2CCC(C(=O)NC)CC2)n1. The van der Waals surface area contributed by atoms with E-state index >= 15 is 0 Å². The number of anilines is 1. The van der Waals surface area contributed by atoms with Gasteiger partial charge >= 0.3 is 5.97 Å². The van der Waals surface area contributed by atoms with Crippen molar-refractivity contribution in [2.24, 2.45) is 5.92 Å². The van der Waals surface area contributed by atoms with Gasteiger partial charge in [-0.25, -0.2) is 9.78 Å². The largest absolute Gasteiger partial charge is 0.478 e. The van der Waals surface area contributed by atoms with E-state index in [0.29, 0.717) is 12.2 Å². The zero-order chi connectivity index (χ0) is 15.4. The van der Waals surface area contributed by atoms with E-state index in [1.54, 1.807) is 19.2 Å². The van der Waals surface area contributed by atoms with Crippen LogP contribution in [0.2, 0.25) is 0 Å². The number of amides is 1. The Morgan fingerprint density at radius 2 is 2.05 bits per heavy atom. The minimum absolute atomic E-state index is 0.0413. The van der Waals surface area contributed by atoms with Crippen molar-refractivity contribution in [2.75, 3.05) is 25.0 Å². The normalized spacial score (nSPS) is 15.8. The van der Waals surface area contributed by atoms with Crippen LogP contribution in [0.5, 0.6) is 0 Å². The molecule has 1 aliphatic heterocycles. The second-order valence-electron chi connectivity index (χ2n) is 5.24. The van der Waals surface area contributed by atoms with Gasteiger partial charge in [0.25, 0.3) is 0 Å². The molecule has 1 amide bonds. The molecule has 0 bridgehead atoms. The fourth-order valence-electron chi connectivity index (χ4n) is 2.61. The molecule has 114 valence electrons. The summed E-state index contributed by atoms with van der Waals surface area (Å²) in [6, 6.07) is 3.23. The number of hydrogen-bond acceptors (Lipinski definition) is 4. The first-order valence-corrected chi connectivity index (χ1v) is 7.26. The standard InChI is InChI=1S/C15H21N3O3/c1-3-12-8-11(15(20)21)9-13(17-12)18-6-4-10(5-7-18)14(19)16-2/h8-10H,3-7H2,1-2H3,(H,16,19)(H,20,21). The van der Waals surface area contributed by atoms with Gasteiger partial charge in [0.1, 0.15) is 5.82 Å². The van der Waals surface area contributed by atoms with Crippen LogP contribution in [0.4, 0.5) is 5.82 Å². The lowest BCUT2D eigenvalue weighted by molar-refractivity contribution is -0.125. The molecule has 6 heteroatoms. The number of piperidine rings is 1. The number of carboxylic acid groups (broad SMARTS) is 1. The molecule has 21 heavy (non-hydrogen) atoms. The molecule has 0 aromatic carbocycles. The van der Waals surface area contributed by atoms with Gasteiger partial charge in [-0.1, -0.05) is 6.92 Å². The Morgan fingerprint density at radius 1 is 1.38 bits per heavy atom. The first kappa shape index (κ1) is 15.3. The third kappa shape index (κ3) is 3.51. The molecule has 2 N–H and O–H groups in total. The van der Waals surface area contributed by atoms with Gasteiger partial charge in [-0.3, -0.25) is 4.79 Å². The second-order valence-corrected chi connectivity index (χ2v) is 5.24. The number of aromatic carboxylic acids is 1. The Labute approximate surface area is 124 Å². The Bertz CT molecular complexity index is 537. The molecule has 0 aliphatic carbocycles. The van der Waals surface area contributed by atoms with Gasteiger partial charge in [-0.15, -0.1) is 0 Å². The second kappa shape index (κ2) is 6.56. The van der Waals surface area contributed by atoms with Gasteiger partial charge in [0.2, 0.25) is 5.91 Å². The van der Waals surface area contributed by atoms with Crippen molar-refractivity contribution in [2.45, 2.75) is 26.2 Å². The van der Waals surface area contributed by atoms with Crippen LogP contribution in [-0.4, -0.2) is 42.1 Å². The molecule has 0 atom stereocenters. The summed E-state index contributed by atoms with van der Waals surface area (Å²) in [4.78, 5) is 29.4. The molecule has 2 heterocycles. The highest BCUT2D eigenvalue weighted by atomic mass is 16.4. The van der Waals surface area contributed by atoms with Crippen molar-refractivity contribution < 1.29 is 14.7 Å². The van der Waals surface area contributed by atoms with E-state index in [2.05, 4.69) is 15.2 Å². The summed E-state index contributed by atoms with van der Waals surface area (Å²) >= 11 is 0. The summed E-state index contributed by atoms with van der Waals surface area (Å²) in [6.07, 6.45) is 2.23. The number of nitrogens with one attached hydrogen (secondary N) is 1. The Morgan fingerprint density at radius 3 is 2.57 bits per heavy atom. The molecule has 1 fully saturated rings. The summed E-state index contributed by atoms with van der Waals surface area (Å²) in [5, 5.41) is 11.9. The molecule has 1 aliphatic rings. The quantitative estimate of drug-likeness (QED) is 0.874. The van der Waals surface area contributed by atoms with Crippen LogP contribution in [0.1, 0.15) is 35.8 Å². The molecule has 0 radical (unpaired) electrons. The van der Waals surface area contributed by atoms with Crippen LogP contribution in [-0.2, 0) is 11.2 Å². The average molecular weight is 291 g/mol. The van der Waals surface area contributed by atoms with E-state index in [1.807, 2.05) is 6.92 Å². The number of hydrogen-bond donors (Lipinski definition) is 2. The number of nitrogens with zero attached hydrogens (tertiary/aromatic N) is 2. The molecular formula is C15H21N3O3. The monoisotopic (exact) mass is 291 g/mol. The highest BCUT2D eigenvalue weighted by molar-refractivity contribution is 5.88. The van der Waals surface area contributed by atoms with Crippen molar-refractivity contribution in [1.29, 1.82) is 0 Å². The fraction of sp³-hybridized carbons (Fsp3) is 0.533. The van der Waals surface area contributed by atoms with E-state index in [9.17, 15) is 14.7 Å². The zero-order valence-electron chi connectivity index (χ0n) is 12.4. The highest BCUT2D eigenvalue weighted by Gasteiger charge is 2.25. The third-order valence-corrected chi connectivity index (χ3v) is 3.91. The van der Waals surface area contributed by atoms with Crippen molar-refractivity contribution in [3.05, 3.63) is 23.4 Å². The predicted molar refractivity (Wildman–Crippen MR) is 79.6 cm³/mol. The van der Waals surface area contributed by atoms with Gasteiger partial charge in [0, 0.05) is 31.7 Å². The lowest BCUT2D eigenvalue weighted by Gasteiger charge is -2.32. The summed E-state index contributed by atoms with van der Waals surface area (Å²) in [5.74, 6) is -0.119. The molecule has 0 spiro atoms. The number of carboxylic acids is 1. The van der Waals surface area contributed by atoms with E-state index in [4.69, 9.17) is 0 Å². The first-order valence-electron chi connectivity index (χ1n) is 7.26. The summed E-state index contributed by atoms with van der Waals surface area (Å²) in [6.45, 7) is 3.39. The molecule has 2 rings (SSSR count). The number of carbonyl (C=O) groups excluding carboxylic acids is 1. The summed E-state index contributed by atoms with van der Waals surface area (Å²) in [5.41, 5.74) is 1.04. The number of rotatable bonds is 4. The maximum Gasteiger partial charge on any atom is 0.335 e. The Kier molecular flexibility index (Phi) is 4.77. The molecule has 1 saturated heterocycles. The van der Waals surface area contributed by atoms with Crippen molar-refractivity contribution in [3.8, 4) is 0 Å². The molecular weight excluding hydrogens is 270 g/mol. The Balaban J connectivity index is 2.14. The van der Waals surface area contributed by atoms with Gasteiger partial charge in [0.15, 0.2) is 0 Å². The zero-order valence-corrected chi connectivity index (χ0v) is 12.4. The summed E-state index contributed by atoms with van der Waals surface area (Å²) < 4.78 is 0. The van der Waals surface area contributed by atoms with Crippen LogP contribution in [0, 0.1) is 5.92 Å². The van der Waals surface area contributed by atoms with Crippen LogP contribution < -0.4 is 10.2 Å². The van der Waals surface area contributed by atoms with Gasteiger partial charge in [-0.2, -0.15) is 0 Å². The average Bonchev–Trinajstić information content (AvgIpc) is 2.53. The number of aromatic nitrogens is 1. The van der Waals surface area contributed by atoms with Crippen molar-refractivity contribution in [1.82, 2.24) is 10.3 Å². The number of aryl methyl sites for hydroxylation is 1. The molecule has 6 nitrogen and oxygen atoms in total. The highest BCUT2D eigenvalue weighted by Crippen LogP contribution is 2.23. The van der Waals surface area contributed by atoms with Crippen LogP contribution >= 0.6 is 0 Å². The fourth-order valence-corrected chi connectivity index (χ4v) is 2.61. The molecule has 0 saturated carbocycles. The predicted octanol–water partition coefficient (Wildman–Crippen LogP) is 1.30. The minimum atomic E-state index is -0.936. The van der Waals surface area contributed by atoms with Gasteiger partial charge in [0.05, 0.1) is 5.56 Å². The van der Waals surface area contributed by atoms with E-state index in [1.165, 1.54) is 0 Å². The first-order chi connectivity index (χ1) is 10.0. The number of pyridine rings is 1. The van der Waals surface area contributed by atoms with Crippen LogP contribution in [0.15, 0.2) is 12.1 Å². The van der Waals surface area contributed by atoms with Crippen LogP contribution in [0.25, 0.3) is 0 Å². The van der Waals surface area contributed by atoms with E-state index < -0.39 is 5.97 Å². The lowest BCUT2D eigenvalue weighted by Crippen LogP contribution is -2.40. The molecule has 1 aromatic heterocycles. The lowest BCUT2D eigenvalue weighted by atomic mass is 9.96. The molecule has 1 aromatic rings. The number of carbonyl (C=O) groups is 2. The smallest absolute Gasteiger partial charge is 0.335 e. The Hall–Kier alpha value is -2.11. The third-order valence-electron chi connectivity index (χ3n) is 3.91. The molecule has 0 unspecified atom stereocenters. The van der Waals surface area contributed by atoms with Crippen LogP contribution in [0.3, 0.4) is 0 Å². The maximum absolute atomic E-state index is 11.6. The minimum Gasteiger partial charge on any atom is -0.478 e. The van der Waals surface area contributed by atoms with E-state index in [-0.39, 0.29) is 17.4 Å². The van der Waals surface area contributed by atoms with Crippen molar-refractivity contribution in [3.63, 3.8) is 0 Å². The van der Waals surface area contributed by atoms with Crippen molar-refractivity contribution >= 4 is 17.7 Å². The maximum atomic E-state index is 11.6. The topological polar surface area (TPSA) is 82.5 Å². The van der Waals surface area contributed by atoms with E-state index in [0.717, 1.165) is 31.6 Å². The van der Waals surface area contributed by atoms with Gasteiger partial charge in [-0.05, 0) is 31.4 Å².